The number of amides is 1. The molecule has 7 nitrogen and oxygen atoms in total. The van der Waals surface area contributed by atoms with Gasteiger partial charge in [-0.05, 0) is 61.5 Å². The van der Waals surface area contributed by atoms with Crippen molar-refractivity contribution >= 4 is 29.1 Å². The van der Waals surface area contributed by atoms with Crippen LogP contribution in [0.15, 0.2) is 48.0 Å². The Labute approximate surface area is 224 Å². The van der Waals surface area contributed by atoms with Gasteiger partial charge in [0.1, 0.15) is 5.76 Å². The number of hydrogen-bond donors (Lipinski definition) is 1. The highest BCUT2D eigenvalue weighted by atomic mass is 35.5. The molecule has 1 N–H and O–H groups in total. The molecule has 2 aromatic rings. The lowest BCUT2D eigenvalue weighted by atomic mass is 9.95. The van der Waals surface area contributed by atoms with Crippen molar-refractivity contribution in [1.82, 2.24) is 9.80 Å². The number of aliphatic hydroxyl groups excluding tert-OH is 1. The molecule has 1 heterocycles. The summed E-state index contributed by atoms with van der Waals surface area (Å²) in [6.07, 6.45) is 3.11. The number of benzene rings is 2. The van der Waals surface area contributed by atoms with Crippen molar-refractivity contribution in [2.24, 2.45) is 0 Å². The molecular weight excluding hydrogens is 492 g/mol. The van der Waals surface area contributed by atoms with Crippen LogP contribution in [0.4, 0.5) is 0 Å². The molecule has 1 aliphatic rings. The van der Waals surface area contributed by atoms with Crippen LogP contribution in [-0.2, 0) is 9.59 Å². The minimum Gasteiger partial charge on any atom is -0.507 e. The average molecular weight is 529 g/mol. The van der Waals surface area contributed by atoms with E-state index in [1.165, 1.54) is 0 Å². The summed E-state index contributed by atoms with van der Waals surface area (Å²) in [5.41, 5.74) is 1.12. The number of ketones is 1. The summed E-state index contributed by atoms with van der Waals surface area (Å²) in [6.45, 7) is 9.42. The lowest BCUT2D eigenvalue weighted by Crippen LogP contribution is -2.38. The molecule has 0 saturated carbocycles. The number of aliphatic hydroxyl groups is 1. The number of likely N-dealkylation sites (tertiary alicyclic amines) is 1. The van der Waals surface area contributed by atoms with Crippen LogP contribution >= 0.6 is 11.6 Å². The first-order valence-corrected chi connectivity index (χ1v) is 13.3. The van der Waals surface area contributed by atoms with Gasteiger partial charge < -0.3 is 24.4 Å². The van der Waals surface area contributed by atoms with Gasteiger partial charge in [0.05, 0.1) is 25.3 Å². The quantitative estimate of drug-likeness (QED) is 0.156. The van der Waals surface area contributed by atoms with E-state index in [0.29, 0.717) is 47.3 Å². The van der Waals surface area contributed by atoms with Crippen LogP contribution < -0.4 is 9.47 Å². The smallest absolute Gasteiger partial charge is 0.295 e. The van der Waals surface area contributed by atoms with Crippen molar-refractivity contribution in [3.63, 3.8) is 0 Å². The first-order chi connectivity index (χ1) is 17.9. The van der Waals surface area contributed by atoms with E-state index in [1.54, 1.807) is 48.4 Å². The van der Waals surface area contributed by atoms with Crippen LogP contribution in [0.2, 0.25) is 5.02 Å². The van der Waals surface area contributed by atoms with Gasteiger partial charge in [-0.25, -0.2) is 0 Å². The second-order valence-electron chi connectivity index (χ2n) is 8.99. The monoisotopic (exact) mass is 528 g/mol. The van der Waals surface area contributed by atoms with Crippen LogP contribution in [0.3, 0.4) is 0 Å². The van der Waals surface area contributed by atoms with E-state index in [2.05, 4.69) is 25.7 Å². The normalized spacial score (nSPS) is 17.0. The zero-order chi connectivity index (χ0) is 26.9. The molecule has 200 valence electrons. The van der Waals surface area contributed by atoms with Crippen LogP contribution in [0, 0.1) is 0 Å². The zero-order valence-electron chi connectivity index (χ0n) is 22.1. The first-order valence-electron chi connectivity index (χ1n) is 12.9. The van der Waals surface area contributed by atoms with E-state index in [9.17, 15) is 14.7 Å². The summed E-state index contributed by atoms with van der Waals surface area (Å²) < 4.78 is 11.5. The molecule has 0 radical (unpaired) electrons. The zero-order valence-corrected chi connectivity index (χ0v) is 22.9. The van der Waals surface area contributed by atoms with Crippen molar-refractivity contribution in [3.8, 4) is 11.5 Å². The maximum Gasteiger partial charge on any atom is 0.295 e. The van der Waals surface area contributed by atoms with Gasteiger partial charge in [-0.15, -0.1) is 0 Å². The number of hydrogen-bond acceptors (Lipinski definition) is 6. The standard InChI is InChI=1S/C29H37ClN2O5/c1-5-8-9-18-37-23-15-12-21(19-24(23)36-4)26-25(27(33)20-10-13-22(30)14-11-20)28(34)29(35)32(26)17-16-31(6-2)7-3/h10-15,19,26,33H,5-9,16-18H2,1-4H3/b27-25+. The molecule has 2 aromatic carbocycles. The summed E-state index contributed by atoms with van der Waals surface area (Å²) in [5, 5.41) is 11.7. The molecule has 0 spiro atoms. The van der Waals surface area contributed by atoms with E-state index < -0.39 is 17.7 Å². The fourth-order valence-electron chi connectivity index (χ4n) is 4.52. The van der Waals surface area contributed by atoms with Crippen molar-refractivity contribution in [3.05, 3.63) is 64.2 Å². The highest BCUT2D eigenvalue weighted by Gasteiger charge is 2.46. The molecule has 37 heavy (non-hydrogen) atoms. The highest BCUT2D eigenvalue weighted by molar-refractivity contribution is 6.46. The number of halogens is 1. The van der Waals surface area contributed by atoms with Gasteiger partial charge in [-0.1, -0.05) is 51.3 Å². The first kappa shape index (κ1) is 28.5. The summed E-state index contributed by atoms with van der Waals surface area (Å²) in [5.74, 6) is -0.471. The predicted molar refractivity (Wildman–Crippen MR) is 146 cm³/mol. The van der Waals surface area contributed by atoms with E-state index in [-0.39, 0.29) is 11.3 Å². The second kappa shape index (κ2) is 13.5. The minimum absolute atomic E-state index is 0.0468. The Morgan fingerprint density at radius 3 is 2.35 bits per heavy atom. The second-order valence-corrected chi connectivity index (χ2v) is 9.43. The Balaban J connectivity index is 2.06. The third kappa shape index (κ3) is 6.65. The number of Topliss-reactive ketones (excluding diaryl/α,β-unsaturated/α-hetero) is 1. The van der Waals surface area contributed by atoms with E-state index in [4.69, 9.17) is 21.1 Å². The van der Waals surface area contributed by atoms with E-state index in [1.807, 2.05) is 6.07 Å². The van der Waals surface area contributed by atoms with Crippen molar-refractivity contribution < 1.29 is 24.2 Å². The molecule has 3 rings (SSSR count). The predicted octanol–water partition coefficient (Wildman–Crippen LogP) is 5.68. The number of rotatable bonds is 13. The number of unbranched alkanes of at least 4 members (excludes halogenated alkanes) is 2. The largest absolute Gasteiger partial charge is 0.507 e. The lowest BCUT2D eigenvalue weighted by molar-refractivity contribution is -0.140. The van der Waals surface area contributed by atoms with Crippen molar-refractivity contribution in [2.45, 2.75) is 46.1 Å². The average Bonchev–Trinajstić information content (AvgIpc) is 3.16. The third-order valence-corrected chi connectivity index (χ3v) is 6.97. The maximum absolute atomic E-state index is 13.3. The van der Waals surface area contributed by atoms with E-state index in [0.717, 1.165) is 32.4 Å². The molecule has 0 aromatic heterocycles. The van der Waals surface area contributed by atoms with Gasteiger partial charge in [0.2, 0.25) is 0 Å². The summed E-state index contributed by atoms with van der Waals surface area (Å²) in [7, 11) is 1.56. The van der Waals surface area contributed by atoms with Gasteiger partial charge >= 0.3 is 0 Å². The van der Waals surface area contributed by atoms with Crippen molar-refractivity contribution in [1.29, 1.82) is 0 Å². The lowest BCUT2D eigenvalue weighted by Gasteiger charge is -2.28. The minimum atomic E-state index is -0.769. The summed E-state index contributed by atoms with van der Waals surface area (Å²) >= 11 is 6.02. The third-order valence-electron chi connectivity index (χ3n) is 6.72. The number of methoxy groups -OCH3 is 1. The molecule has 1 unspecified atom stereocenters. The number of likely N-dealkylation sites (N-methyl/N-ethyl adjacent to an activating group) is 1. The molecule has 1 fully saturated rings. The topological polar surface area (TPSA) is 79.3 Å². The highest BCUT2D eigenvalue weighted by Crippen LogP contribution is 2.42. The van der Waals surface area contributed by atoms with Crippen LogP contribution in [-0.4, -0.2) is 66.5 Å². The van der Waals surface area contributed by atoms with Gasteiger partial charge in [0, 0.05) is 23.7 Å². The fraction of sp³-hybridized carbons (Fsp3) is 0.448. The van der Waals surface area contributed by atoms with Crippen LogP contribution in [0.1, 0.15) is 57.2 Å². The Kier molecular flexibility index (Phi) is 10.4. The Bertz CT molecular complexity index is 1110. The Hall–Kier alpha value is -3.03. The van der Waals surface area contributed by atoms with Crippen LogP contribution in [0.5, 0.6) is 11.5 Å². The fourth-order valence-corrected chi connectivity index (χ4v) is 4.64. The van der Waals surface area contributed by atoms with Crippen LogP contribution in [0.25, 0.3) is 5.76 Å². The maximum atomic E-state index is 13.3. The molecule has 1 atom stereocenters. The van der Waals surface area contributed by atoms with Gasteiger partial charge in [-0.2, -0.15) is 0 Å². The molecular formula is C29H37ClN2O5. The van der Waals surface area contributed by atoms with Crippen molar-refractivity contribution in [2.75, 3.05) is 39.9 Å². The van der Waals surface area contributed by atoms with Gasteiger partial charge in [-0.3, -0.25) is 9.59 Å². The van der Waals surface area contributed by atoms with Gasteiger partial charge in [0.25, 0.3) is 11.7 Å². The Morgan fingerprint density at radius 1 is 1.03 bits per heavy atom. The molecule has 8 heteroatoms. The Morgan fingerprint density at radius 2 is 1.73 bits per heavy atom. The molecule has 1 aliphatic heterocycles. The van der Waals surface area contributed by atoms with Gasteiger partial charge in [0.15, 0.2) is 11.5 Å². The molecule has 0 bridgehead atoms. The SMILES string of the molecule is CCCCCOc1ccc(C2/C(=C(\O)c3ccc(Cl)cc3)C(=O)C(=O)N2CCN(CC)CC)cc1OC. The molecule has 1 saturated heterocycles. The number of nitrogens with zero attached hydrogens (tertiary/aromatic N) is 2. The molecule has 1 amide bonds. The van der Waals surface area contributed by atoms with E-state index >= 15 is 0 Å². The number of ether oxygens (including phenoxy) is 2. The number of carbonyl (C=O) groups is 2. The molecule has 0 aliphatic carbocycles. The summed E-state index contributed by atoms with van der Waals surface area (Å²) in [4.78, 5) is 30.2. The number of carbonyl (C=O) groups excluding carboxylic acids is 2. The summed E-state index contributed by atoms with van der Waals surface area (Å²) in [6, 6.07) is 11.2.